The zero-order chi connectivity index (χ0) is 17.3. The van der Waals surface area contributed by atoms with Crippen molar-refractivity contribution in [2.45, 2.75) is 19.8 Å². The molecule has 5 nitrogen and oxygen atoms in total. The van der Waals surface area contributed by atoms with Crippen LogP contribution < -0.4 is 9.64 Å². The highest BCUT2D eigenvalue weighted by Gasteiger charge is 2.26. The fourth-order valence-corrected chi connectivity index (χ4v) is 3.37. The molecule has 1 aliphatic rings. The minimum absolute atomic E-state index is 0.137. The number of aryl methyl sites for hydroxylation is 1. The normalized spacial score (nSPS) is 15.6. The summed E-state index contributed by atoms with van der Waals surface area (Å²) in [5, 5.41) is 1.15. The number of hydrogen-bond acceptors (Lipinski definition) is 4. The van der Waals surface area contributed by atoms with E-state index in [4.69, 9.17) is 9.72 Å². The van der Waals surface area contributed by atoms with Crippen molar-refractivity contribution in [3.8, 4) is 5.75 Å². The van der Waals surface area contributed by atoms with Crippen LogP contribution in [-0.4, -0.2) is 50.1 Å². The highest BCUT2D eigenvalue weighted by Crippen LogP contribution is 2.28. The van der Waals surface area contributed by atoms with Gasteiger partial charge in [0.05, 0.1) is 12.6 Å². The summed E-state index contributed by atoms with van der Waals surface area (Å²) in [5.74, 6) is 2.19. The van der Waals surface area contributed by atoms with Gasteiger partial charge in [-0.3, -0.25) is 4.79 Å². The molecule has 1 aliphatic heterocycles. The maximum atomic E-state index is 12.1. The van der Waals surface area contributed by atoms with Crippen LogP contribution in [0.25, 0.3) is 10.9 Å². The summed E-state index contributed by atoms with van der Waals surface area (Å²) in [6.07, 6.45) is 1.77. The van der Waals surface area contributed by atoms with Crippen molar-refractivity contribution >= 4 is 22.6 Å². The first-order valence-corrected chi connectivity index (χ1v) is 8.41. The number of piperidine rings is 1. The van der Waals surface area contributed by atoms with Gasteiger partial charge < -0.3 is 14.5 Å². The van der Waals surface area contributed by atoms with E-state index in [0.717, 1.165) is 48.4 Å². The highest BCUT2D eigenvalue weighted by atomic mass is 16.5. The summed E-state index contributed by atoms with van der Waals surface area (Å²) in [6, 6.07) is 8.15. The van der Waals surface area contributed by atoms with Crippen molar-refractivity contribution in [1.29, 1.82) is 0 Å². The summed E-state index contributed by atoms with van der Waals surface area (Å²) in [4.78, 5) is 20.9. The van der Waals surface area contributed by atoms with Gasteiger partial charge in [-0.1, -0.05) is 0 Å². The molecule has 24 heavy (non-hydrogen) atoms. The molecule has 2 heterocycles. The first-order valence-electron chi connectivity index (χ1n) is 8.41. The van der Waals surface area contributed by atoms with Crippen LogP contribution >= 0.6 is 0 Å². The minimum Gasteiger partial charge on any atom is -0.497 e. The van der Waals surface area contributed by atoms with E-state index >= 15 is 0 Å². The summed E-state index contributed by atoms with van der Waals surface area (Å²) in [5.41, 5.74) is 2.17. The maximum Gasteiger partial charge on any atom is 0.225 e. The average molecular weight is 327 g/mol. The number of hydrogen-bond donors (Lipinski definition) is 0. The maximum absolute atomic E-state index is 12.1. The standard InChI is InChI=1S/C19H25N3O2/c1-13-11-18(20-17-12-15(24-4)5-6-16(13)17)22-9-7-14(8-10-22)19(23)21(2)3/h5-6,11-12,14H,7-10H2,1-4H3. The molecule has 0 N–H and O–H groups in total. The van der Waals surface area contributed by atoms with Gasteiger partial charge in [0.15, 0.2) is 0 Å². The Balaban J connectivity index is 1.82. The molecule has 0 unspecified atom stereocenters. The fourth-order valence-electron chi connectivity index (χ4n) is 3.37. The molecule has 128 valence electrons. The molecule has 2 aromatic rings. The number of benzene rings is 1. The van der Waals surface area contributed by atoms with Gasteiger partial charge in [0, 0.05) is 44.6 Å². The van der Waals surface area contributed by atoms with Gasteiger partial charge in [0.1, 0.15) is 11.6 Å². The predicted octanol–water partition coefficient (Wildman–Crippen LogP) is 2.86. The van der Waals surface area contributed by atoms with E-state index in [1.165, 1.54) is 5.56 Å². The van der Waals surface area contributed by atoms with Crippen LogP contribution in [0.3, 0.4) is 0 Å². The van der Waals surface area contributed by atoms with Crippen LogP contribution in [0, 0.1) is 12.8 Å². The molecule has 0 aliphatic carbocycles. The molecule has 1 amide bonds. The topological polar surface area (TPSA) is 45.7 Å². The number of fused-ring (bicyclic) bond motifs is 1. The molecule has 0 spiro atoms. The third-order valence-corrected chi connectivity index (χ3v) is 4.82. The molecule has 0 saturated carbocycles. The molecule has 1 aromatic heterocycles. The van der Waals surface area contributed by atoms with Gasteiger partial charge >= 0.3 is 0 Å². The van der Waals surface area contributed by atoms with Gasteiger partial charge in [0.2, 0.25) is 5.91 Å². The summed E-state index contributed by atoms with van der Waals surface area (Å²) >= 11 is 0. The lowest BCUT2D eigenvalue weighted by Crippen LogP contribution is -2.40. The summed E-state index contributed by atoms with van der Waals surface area (Å²) in [6.45, 7) is 3.85. The number of amides is 1. The second-order valence-electron chi connectivity index (χ2n) is 6.67. The van der Waals surface area contributed by atoms with E-state index in [2.05, 4.69) is 24.0 Å². The van der Waals surface area contributed by atoms with Crippen LogP contribution in [0.4, 0.5) is 5.82 Å². The Kier molecular flexibility index (Phi) is 4.60. The number of ether oxygens (including phenoxy) is 1. The number of methoxy groups -OCH3 is 1. The van der Waals surface area contributed by atoms with E-state index in [1.807, 2.05) is 26.2 Å². The highest BCUT2D eigenvalue weighted by molar-refractivity contribution is 5.85. The minimum atomic E-state index is 0.137. The fraction of sp³-hybridized carbons (Fsp3) is 0.474. The van der Waals surface area contributed by atoms with Crippen molar-refractivity contribution in [2.24, 2.45) is 5.92 Å². The third kappa shape index (κ3) is 3.16. The molecule has 0 radical (unpaired) electrons. The lowest BCUT2D eigenvalue weighted by molar-refractivity contribution is -0.133. The van der Waals surface area contributed by atoms with Crippen molar-refractivity contribution in [1.82, 2.24) is 9.88 Å². The summed E-state index contributed by atoms with van der Waals surface area (Å²) in [7, 11) is 5.33. The Bertz CT molecular complexity index is 750. The van der Waals surface area contributed by atoms with Crippen molar-refractivity contribution < 1.29 is 9.53 Å². The lowest BCUT2D eigenvalue weighted by atomic mass is 9.95. The Hall–Kier alpha value is -2.30. The zero-order valence-corrected chi connectivity index (χ0v) is 14.9. The largest absolute Gasteiger partial charge is 0.497 e. The van der Waals surface area contributed by atoms with Crippen molar-refractivity contribution in [3.63, 3.8) is 0 Å². The van der Waals surface area contributed by atoms with Crippen LogP contribution in [-0.2, 0) is 4.79 Å². The zero-order valence-electron chi connectivity index (χ0n) is 14.9. The molecule has 5 heteroatoms. The van der Waals surface area contributed by atoms with Crippen LogP contribution in [0.5, 0.6) is 5.75 Å². The Morgan fingerprint density at radius 2 is 1.96 bits per heavy atom. The smallest absolute Gasteiger partial charge is 0.225 e. The number of pyridine rings is 1. The predicted molar refractivity (Wildman–Crippen MR) is 96.7 cm³/mol. The number of aromatic nitrogens is 1. The molecule has 0 bridgehead atoms. The molecule has 0 atom stereocenters. The monoisotopic (exact) mass is 327 g/mol. The van der Waals surface area contributed by atoms with E-state index < -0.39 is 0 Å². The van der Waals surface area contributed by atoms with E-state index in [-0.39, 0.29) is 11.8 Å². The number of carbonyl (C=O) groups is 1. The van der Waals surface area contributed by atoms with Crippen LogP contribution in [0.2, 0.25) is 0 Å². The molecule has 1 aromatic carbocycles. The molecule has 1 saturated heterocycles. The van der Waals surface area contributed by atoms with Gasteiger partial charge in [-0.2, -0.15) is 0 Å². The Morgan fingerprint density at radius 1 is 1.25 bits per heavy atom. The van der Waals surface area contributed by atoms with Gasteiger partial charge in [0.25, 0.3) is 0 Å². The van der Waals surface area contributed by atoms with Crippen LogP contribution in [0.15, 0.2) is 24.3 Å². The van der Waals surface area contributed by atoms with E-state index in [1.54, 1.807) is 12.0 Å². The number of rotatable bonds is 3. The first kappa shape index (κ1) is 16.6. The van der Waals surface area contributed by atoms with Crippen molar-refractivity contribution in [2.75, 3.05) is 39.2 Å². The van der Waals surface area contributed by atoms with E-state index in [9.17, 15) is 4.79 Å². The van der Waals surface area contributed by atoms with E-state index in [0.29, 0.717) is 0 Å². The molecule has 1 fully saturated rings. The lowest BCUT2D eigenvalue weighted by Gasteiger charge is -2.33. The Morgan fingerprint density at radius 3 is 2.58 bits per heavy atom. The second-order valence-corrected chi connectivity index (χ2v) is 6.67. The summed E-state index contributed by atoms with van der Waals surface area (Å²) < 4.78 is 5.31. The number of anilines is 1. The second kappa shape index (κ2) is 6.67. The SMILES string of the molecule is COc1ccc2c(C)cc(N3CCC(C(=O)N(C)C)CC3)nc2c1. The van der Waals surface area contributed by atoms with Crippen LogP contribution in [0.1, 0.15) is 18.4 Å². The first-order chi connectivity index (χ1) is 11.5. The van der Waals surface area contributed by atoms with Crippen molar-refractivity contribution in [3.05, 3.63) is 29.8 Å². The van der Waals surface area contributed by atoms with Gasteiger partial charge in [-0.25, -0.2) is 4.98 Å². The molecular formula is C19H25N3O2. The average Bonchev–Trinajstić information content (AvgIpc) is 2.60. The number of nitrogens with zero attached hydrogens (tertiary/aromatic N) is 3. The van der Waals surface area contributed by atoms with Gasteiger partial charge in [-0.05, 0) is 43.5 Å². The third-order valence-electron chi connectivity index (χ3n) is 4.82. The molecule has 3 rings (SSSR count). The van der Waals surface area contributed by atoms with Gasteiger partial charge in [-0.15, -0.1) is 0 Å². The molecular weight excluding hydrogens is 302 g/mol. The Labute approximate surface area is 143 Å². The quantitative estimate of drug-likeness (QED) is 0.870. The number of carbonyl (C=O) groups excluding carboxylic acids is 1.